The predicted octanol–water partition coefficient (Wildman–Crippen LogP) is 4.39. The fourth-order valence-electron chi connectivity index (χ4n) is 4.48. The summed E-state index contributed by atoms with van der Waals surface area (Å²) in [5.74, 6) is 1.20. The van der Waals surface area contributed by atoms with Crippen LogP contribution in [0.15, 0.2) is 49.2 Å². The molecule has 4 heterocycles. The fraction of sp³-hybridized carbons (Fsp3) is 0.400. The summed E-state index contributed by atoms with van der Waals surface area (Å²) in [7, 11) is 0. The predicted molar refractivity (Wildman–Crippen MR) is 99.5 cm³/mol. The Hall–Kier alpha value is -1.83. The summed E-state index contributed by atoms with van der Waals surface area (Å²) in [4.78, 5) is 7.09. The average molecular weight is 335 g/mol. The van der Waals surface area contributed by atoms with Crippen molar-refractivity contribution in [2.75, 3.05) is 13.1 Å². The molecule has 1 unspecified atom stereocenters. The number of hydrogen-bond acceptors (Lipinski definition) is 4. The van der Waals surface area contributed by atoms with Crippen LogP contribution < -0.4 is 0 Å². The molecule has 3 fully saturated rings. The van der Waals surface area contributed by atoms with Crippen LogP contribution in [0.3, 0.4) is 0 Å². The molecule has 1 aromatic carbocycles. The number of rotatable bonds is 3. The monoisotopic (exact) mass is 335 g/mol. The molecule has 0 amide bonds. The number of nitriles is 1. The van der Waals surface area contributed by atoms with E-state index in [0.717, 1.165) is 25.0 Å². The molecule has 3 aliphatic rings. The fourth-order valence-corrected chi connectivity index (χ4v) is 5.41. The van der Waals surface area contributed by atoms with Gasteiger partial charge in [-0.15, -0.1) is 6.58 Å². The zero-order valence-electron chi connectivity index (χ0n) is 13.6. The van der Waals surface area contributed by atoms with E-state index in [4.69, 9.17) is 0 Å². The molecule has 3 aliphatic heterocycles. The second kappa shape index (κ2) is 6.58. The Labute approximate surface area is 147 Å². The molecule has 1 aromatic heterocycles. The molecule has 2 bridgehead atoms. The van der Waals surface area contributed by atoms with E-state index < -0.39 is 0 Å². The third-order valence-electron chi connectivity index (χ3n) is 5.63. The third-order valence-corrected chi connectivity index (χ3v) is 6.49. The number of fused-ring (bicyclic) bond motifs is 5. The lowest BCUT2D eigenvalue weighted by atomic mass is 9.84. The second-order valence-electron chi connectivity index (χ2n) is 6.79. The SMILES string of the molecule is C=C[C@H]1CN2CC[C@H]1C[C@H](SC#N)[C@H]2c1ccnc2ccccc12. The Bertz CT molecular complexity index is 792. The minimum Gasteiger partial charge on any atom is -0.295 e. The van der Waals surface area contributed by atoms with Gasteiger partial charge in [-0.3, -0.25) is 9.88 Å². The summed E-state index contributed by atoms with van der Waals surface area (Å²) in [6.07, 6.45) is 6.33. The lowest BCUT2D eigenvalue weighted by Gasteiger charge is -2.37. The normalized spacial score (nSPS) is 32.2. The molecule has 4 heteroatoms. The van der Waals surface area contributed by atoms with Gasteiger partial charge in [0, 0.05) is 29.4 Å². The van der Waals surface area contributed by atoms with Crippen molar-refractivity contribution in [2.45, 2.75) is 24.1 Å². The number of thioether (sulfide) groups is 1. The number of pyridine rings is 1. The first kappa shape index (κ1) is 15.7. The second-order valence-corrected chi connectivity index (χ2v) is 7.81. The molecular weight excluding hydrogens is 314 g/mol. The zero-order chi connectivity index (χ0) is 16.5. The van der Waals surface area contributed by atoms with Gasteiger partial charge in [0.05, 0.1) is 5.52 Å². The van der Waals surface area contributed by atoms with E-state index in [-0.39, 0.29) is 6.04 Å². The van der Waals surface area contributed by atoms with E-state index in [9.17, 15) is 5.26 Å². The molecule has 122 valence electrons. The highest BCUT2D eigenvalue weighted by Gasteiger charge is 2.42. The summed E-state index contributed by atoms with van der Waals surface area (Å²) < 4.78 is 0. The van der Waals surface area contributed by atoms with Gasteiger partial charge < -0.3 is 0 Å². The highest BCUT2D eigenvalue weighted by atomic mass is 32.2. The molecule has 2 aromatic rings. The van der Waals surface area contributed by atoms with Gasteiger partial charge in [-0.25, -0.2) is 0 Å². The Morgan fingerprint density at radius 1 is 1.33 bits per heavy atom. The number of benzene rings is 1. The molecule has 5 rings (SSSR count). The van der Waals surface area contributed by atoms with Crippen molar-refractivity contribution in [1.29, 1.82) is 5.26 Å². The smallest absolute Gasteiger partial charge is 0.133 e. The molecule has 0 spiro atoms. The number of aromatic nitrogens is 1. The first-order valence-electron chi connectivity index (χ1n) is 8.57. The van der Waals surface area contributed by atoms with Gasteiger partial charge in [-0.2, -0.15) is 5.26 Å². The maximum absolute atomic E-state index is 9.37. The van der Waals surface area contributed by atoms with Crippen LogP contribution in [0.25, 0.3) is 10.9 Å². The lowest BCUT2D eigenvalue weighted by molar-refractivity contribution is 0.141. The summed E-state index contributed by atoms with van der Waals surface area (Å²) >= 11 is 1.45. The number of piperidine rings is 1. The lowest BCUT2D eigenvalue weighted by Crippen LogP contribution is -2.39. The number of para-hydroxylation sites is 1. The van der Waals surface area contributed by atoms with Crippen molar-refractivity contribution in [3.05, 3.63) is 54.7 Å². The van der Waals surface area contributed by atoms with Gasteiger partial charge in [0.1, 0.15) is 5.40 Å². The molecule has 5 atom stereocenters. The first-order chi connectivity index (χ1) is 11.8. The van der Waals surface area contributed by atoms with Crippen LogP contribution in [0.2, 0.25) is 0 Å². The van der Waals surface area contributed by atoms with Crippen LogP contribution in [0, 0.1) is 22.5 Å². The molecule has 0 aliphatic carbocycles. The molecule has 24 heavy (non-hydrogen) atoms. The summed E-state index contributed by atoms with van der Waals surface area (Å²) in [5, 5.41) is 13.3. The van der Waals surface area contributed by atoms with E-state index in [2.05, 4.69) is 52.2 Å². The molecular formula is C20H21N3S. The topological polar surface area (TPSA) is 39.9 Å². The van der Waals surface area contributed by atoms with E-state index >= 15 is 0 Å². The quantitative estimate of drug-likeness (QED) is 0.616. The van der Waals surface area contributed by atoms with Gasteiger partial charge in [-0.1, -0.05) is 24.3 Å². The Morgan fingerprint density at radius 2 is 2.21 bits per heavy atom. The standard InChI is InChI=1S/C20H21N3S/c1-2-14-12-23-10-8-15(14)11-19(24-13-21)20(23)17-7-9-22-18-6-4-3-5-16(17)18/h2-7,9,14-15,19-20H,1,8,10-12H2/t14-,15-,19-,20+/m0/s1. The van der Waals surface area contributed by atoms with Gasteiger partial charge in [-0.05, 0) is 60.7 Å². The minimum atomic E-state index is 0.275. The highest BCUT2D eigenvalue weighted by molar-refractivity contribution is 8.04. The van der Waals surface area contributed by atoms with Crippen molar-refractivity contribution in [1.82, 2.24) is 9.88 Å². The third kappa shape index (κ3) is 2.62. The Balaban J connectivity index is 1.83. The van der Waals surface area contributed by atoms with Crippen molar-refractivity contribution >= 4 is 22.7 Å². The van der Waals surface area contributed by atoms with E-state index in [1.807, 2.05) is 12.3 Å². The minimum absolute atomic E-state index is 0.275. The molecule has 3 saturated heterocycles. The maximum Gasteiger partial charge on any atom is 0.133 e. The van der Waals surface area contributed by atoms with Crippen molar-refractivity contribution < 1.29 is 0 Å². The van der Waals surface area contributed by atoms with E-state index in [1.54, 1.807) is 0 Å². The van der Waals surface area contributed by atoms with Gasteiger partial charge in [0.25, 0.3) is 0 Å². The van der Waals surface area contributed by atoms with Gasteiger partial charge in [0.15, 0.2) is 0 Å². The first-order valence-corrected chi connectivity index (χ1v) is 9.44. The number of thiocyanates is 1. The van der Waals surface area contributed by atoms with Crippen molar-refractivity contribution in [3.63, 3.8) is 0 Å². The maximum atomic E-state index is 9.37. The summed E-state index contributed by atoms with van der Waals surface area (Å²) in [6.45, 7) is 6.22. The Kier molecular flexibility index (Phi) is 4.30. The van der Waals surface area contributed by atoms with Gasteiger partial charge >= 0.3 is 0 Å². The molecule has 3 nitrogen and oxygen atoms in total. The van der Waals surface area contributed by atoms with Crippen molar-refractivity contribution in [3.8, 4) is 5.40 Å². The molecule has 0 saturated carbocycles. The number of nitrogens with zero attached hydrogens (tertiary/aromatic N) is 3. The van der Waals surface area contributed by atoms with Gasteiger partial charge in [0.2, 0.25) is 0 Å². The number of hydrogen-bond donors (Lipinski definition) is 0. The summed E-state index contributed by atoms with van der Waals surface area (Å²) in [6, 6.07) is 10.8. The summed E-state index contributed by atoms with van der Waals surface area (Å²) in [5.41, 5.74) is 2.36. The van der Waals surface area contributed by atoms with Crippen molar-refractivity contribution in [2.24, 2.45) is 11.8 Å². The Morgan fingerprint density at radius 3 is 3.04 bits per heavy atom. The van der Waals surface area contributed by atoms with Crippen LogP contribution in [0.1, 0.15) is 24.4 Å². The van der Waals surface area contributed by atoms with Crippen LogP contribution >= 0.6 is 11.8 Å². The molecule has 0 radical (unpaired) electrons. The zero-order valence-corrected chi connectivity index (χ0v) is 14.5. The average Bonchev–Trinajstić information content (AvgIpc) is 2.88. The molecule has 0 N–H and O–H groups in total. The largest absolute Gasteiger partial charge is 0.295 e. The van der Waals surface area contributed by atoms with Crippen LogP contribution in [-0.4, -0.2) is 28.2 Å². The van der Waals surface area contributed by atoms with E-state index in [1.165, 1.54) is 29.1 Å². The van der Waals surface area contributed by atoms with E-state index in [0.29, 0.717) is 17.1 Å². The van der Waals surface area contributed by atoms with Crippen LogP contribution in [0.4, 0.5) is 0 Å². The van der Waals surface area contributed by atoms with Crippen LogP contribution in [-0.2, 0) is 0 Å². The highest BCUT2D eigenvalue weighted by Crippen LogP contribution is 2.46. The van der Waals surface area contributed by atoms with Crippen LogP contribution in [0.5, 0.6) is 0 Å².